The van der Waals surface area contributed by atoms with Gasteiger partial charge in [-0.25, -0.2) is 0 Å². The number of hydrogen-bond donors (Lipinski definition) is 1. The van der Waals surface area contributed by atoms with Crippen LogP contribution in [0.5, 0.6) is 5.75 Å². The van der Waals surface area contributed by atoms with Crippen molar-refractivity contribution in [2.75, 3.05) is 18.1 Å². The molecule has 0 saturated heterocycles. The Labute approximate surface area is 191 Å². The normalized spacial score (nSPS) is 10.3. The number of rotatable bonds is 7. The summed E-state index contributed by atoms with van der Waals surface area (Å²) in [6, 6.07) is 25.2. The molecular weight excluding hydrogens is 460 g/mol. The van der Waals surface area contributed by atoms with Gasteiger partial charge < -0.3 is 9.64 Å². The summed E-state index contributed by atoms with van der Waals surface area (Å²) in [7, 11) is 0. The Balaban J connectivity index is 1.59. The van der Waals surface area contributed by atoms with Gasteiger partial charge in [-0.2, -0.15) is 0 Å². The van der Waals surface area contributed by atoms with Crippen LogP contribution in [0.25, 0.3) is 0 Å². The molecule has 30 heavy (non-hydrogen) atoms. The molecule has 1 amide bonds. The van der Waals surface area contributed by atoms with Crippen molar-refractivity contribution >= 4 is 44.9 Å². The van der Waals surface area contributed by atoms with Crippen LogP contribution in [0, 0.1) is 0 Å². The first-order valence-electron chi connectivity index (χ1n) is 9.72. The van der Waals surface area contributed by atoms with Crippen LogP contribution in [0.3, 0.4) is 0 Å². The molecule has 3 aromatic rings. The summed E-state index contributed by atoms with van der Waals surface area (Å²) in [5.74, 6) is 0.440. The first kappa shape index (κ1) is 22.0. The average molecular weight is 483 g/mol. The van der Waals surface area contributed by atoms with Gasteiger partial charge >= 0.3 is 0 Å². The lowest BCUT2D eigenvalue weighted by molar-refractivity contribution is 0.0977. The number of carbonyl (C=O) groups excluding carboxylic acids is 1. The average Bonchev–Trinajstić information content (AvgIpc) is 2.77. The molecule has 0 aliphatic rings. The fraction of sp³-hybridized carbons (Fsp3) is 0.167. The van der Waals surface area contributed by atoms with Crippen LogP contribution in [-0.4, -0.2) is 24.2 Å². The minimum Gasteiger partial charge on any atom is -0.492 e. The van der Waals surface area contributed by atoms with E-state index in [1.807, 2.05) is 60.4 Å². The quantitative estimate of drug-likeness (QED) is 0.444. The number of halogens is 1. The Hall–Kier alpha value is -2.70. The third-order valence-corrected chi connectivity index (χ3v) is 5.48. The zero-order valence-electron chi connectivity index (χ0n) is 16.7. The SMILES string of the molecule is CCN(C(=S)NC(=O)c1ccc(OCCc2ccccc2)c(Br)c1)c1ccccc1. The Morgan fingerprint density at radius 1 is 1.03 bits per heavy atom. The van der Waals surface area contributed by atoms with E-state index in [9.17, 15) is 4.79 Å². The van der Waals surface area contributed by atoms with Crippen molar-refractivity contribution < 1.29 is 9.53 Å². The van der Waals surface area contributed by atoms with Crippen molar-refractivity contribution in [3.05, 3.63) is 94.5 Å². The van der Waals surface area contributed by atoms with Crippen LogP contribution < -0.4 is 15.0 Å². The number of carbonyl (C=O) groups is 1. The van der Waals surface area contributed by atoms with Crippen molar-refractivity contribution in [3.8, 4) is 5.75 Å². The third-order valence-electron chi connectivity index (χ3n) is 4.53. The van der Waals surface area contributed by atoms with Crippen molar-refractivity contribution in [1.82, 2.24) is 5.32 Å². The molecular formula is C24H23BrN2O2S. The summed E-state index contributed by atoms with van der Waals surface area (Å²) >= 11 is 8.95. The van der Waals surface area contributed by atoms with E-state index in [0.717, 1.165) is 16.6 Å². The predicted molar refractivity (Wildman–Crippen MR) is 129 cm³/mol. The molecule has 3 rings (SSSR count). The summed E-state index contributed by atoms with van der Waals surface area (Å²) in [5.41, 5.74) is 2.66. The minimum absolute atomic E-state index is 0.258. The van der Waals surface area contributed by atoms with E-state index in [1.54, 1.807) is 18.2 Å². The van der Waals surface area contributed by atoms with Crippen molar-refractivity contribution in [3.63, 3.8) is 0 Å². The monoisotopic (exact) mass is 482 g/mol. The van der Waals surface area contributed by atoms with Crippen LogP contribution in [-0.2, 0) is 6.42 Å². The Kier molecular flexibility index (Phi) is 7.99. The molecule has 0 bridgehead atoms. The van der Waals surface area contributed by atoms with Gasteiger partial charge in [-0.05, 0) is 71.0 Å². The van der Waals surface area contributed by atoms with Crippen molar-refractivity contribution in [2.45, 2.75) is 13.3 Å². The number of ether oxygens (including phenoxy) is 1. The Morgan fingerprint density at radius 2 is 1.70 bits per heavy atom. The second-order valence-electron chi connectivity index (χ2n) is 6.57. The molecule has 0 radical (unpaired) electrons. The second kappa shape index (κ2) is 10.9. The summed E-state index contributed by atoms with van der Waals surface area (Å²) in [4.78, 5) is 14.6. The van der Waals surface area contributed by atoms with Gasteiger partial charge in [0.1, 0.15) is 5.75 Å². The number of para-hydroxylation sites is 1. The van der Waals surface area contributed by atoms with E-state index in [-0.39, 0.29) is 5.91 Å². The number of amides is 1. The first-order valence-corrected chi connectivity index (χ1v) is 10.9. The van der Waals surface area contributed by atoms with Crippen LogP contribution in [0.4, 0.5) is 5.69 Å². The lowest BCUT2D eigenvalue weighted by atomic mass is 10.2. The molecule has 1 N–H and O–H groups in total. The molecule has 4 nitrogen and oxygen atoms in total. The van der Waals surface area contributed by atoms with Crippen LogP contribution in [0.2, 0.25) is 0 Å². The summed E-state index contributed by atoms with van der Waals surface area (Å²) in [5, 5.41) is 3.18. The Morgan fingerprint density at radius 3 is 2.33 bits per heavy atom. The maximum atomic E-state index is 12.7. The first-order chi connectivity index (χ1) is 14.6. The molecule has 0 spiro atoms. The maximum absolute atomic E-state index is 12.7. The molecule has 0 heterocycles. The van der Waals surface area contributed by atoms with Crippen molar-refractivity contribution in [2.24, 2.45) is 0 Å². The molecule has 0 atom stereocenters. The molecule has 3 aromatic carbocycles. The number of thiocarbonyl (C=S) groups is 1. The molecule has 0 unspecified atom stereocenters. The fourth-order valence-electron chi connectivity index (χ4n) is 2.97. The van der Waals surface area contributed by atoms with Gasteiger partial charge in [-0.3, -0.25) is 10.1 Å². The highest BCUT2D eigenvalue weighted by molar-refractivity contribution is 9.10. The van der Waals surface area contributed by atoms with Crippen molar-refractivity contribution in [1.29, 1.82) is 0 Å². The fourth-order valence-corrected chi connectivity index (χ4v) is 3.79. The summed E-state index contributed by atoms with van der Waals surface area (Å²) in [6.07, 6.45) is 0.816. The van der Waals surface area contributed by atoms with Gasteiger partial charge in [0.05, 0.1) is 11.1 Å². The molecule has 0 aromatic heterocycles. The maximum Gasteiger partial charge on any atom is 0.257 e. The van der Waals surface area contributed by atoms with Gasteiger partial charge in [0.25, 0.3) is 5.91 Å². The van der Waals surface area contributed by atoms with Gasteiger partial charge in [0.15, 0.2) is 5.11 Å². The van der Waals surface area contributed by atoms with E-state index in [1.165, 1.54) is 5.56 Å². The summed E-state index contributed by atoms with van der Waals surface area (Å²) in [6.45, 7) is 3.20. The highest BCUT2D eigenvalue weighted by atomic mass is 79.9. The highest BCUT2D eigenvalue weighted by Crippen LogP contribution is 2.26. The molecule has 0 saturated carbocycles. The molecule has 154 valence electrons. The number of hydrogen-bond acceptors (Lipinski definition) is 3. The molecule has 0 fully saturated rings. The van der Waals surface area contributed by atoms with Gasteiger partial charge in [0.2, 0.25) is 0 Å². The van der Waals surface area contributed by atoms with E-state index in [0.29, 0.717) is 29.6 Å². The Bertz CT molecular complexity index is 997. The van der Waals surface area contributed by atoms with Gasteiger partial charge in [-0.1, -0.05) is 48.5 Å². The van der Waals surface area contributed by atoms with E-state index in [2.05, 4.69) is 33.4 Å². The zero-order chi connectivity index (χ0) is 21.3. The minimum atomic E-state index is -0.258. The summed E-state index contributed by atoms with van der Waals surface area (Å²) < 4.78 is 6.58. The van der Waals surface area contributed by atoms with Gasteiger partial charge in [0, 0.05) is 24.2 Å². The number of nitrogens with zero attached hydrogens (tertiary/aromatic N) is 1. The lowest BCUT2D eigenvalue weighted by Crippen LogP contribution is -2.42. The molecule has 0 aliphatic carbocycles. The van der Waals surface area contributed by atoms with Gasteiger partial charge in [-0.15, -0.1) is 0 Å². The largest absolute Gasteiger partial charge is 0.492 e. The molecule has 6 heteroatoms. The van der Waals surface area contributed by atoms with Crippen LogP contribution in [0.1, 0.15) is 22.8 Å². The smallest absolute Gasteiger partial charge is 0.257 e. The van der Waals surface area contributed by atoms with E-state index < -0.39 is 0 Å². The highest BCUT2D eigenvalue weighted by Gasteiger charge is 2.15. The van der Waals surface area contributed by atoms with E-state index >= 15 is 0 Å². The van der Waals surface area contributed by atoms with Crippen LogP contribution in [0.15, 0.2) is 83.3 Å². The zero-order valence-corrected chi connectivity index (χ0v) is 19.1. The number of benzene rings is 3. The van der Waals surface area contributed by atoms with E-state index in [4.69, 9.17) is 17.0 Å². The lowest BCUT2D eigenvalue weighted by Gasteiger charge is -2.23. The number of anilines is 1. The molecule has 0 aliphatic heterocycles. The second-order valence-corrected chi connectivity index (χ2v) is 7.81. The predicted octanol–water partition coefficient (Wildman–Crippen LogP) is 5.61. The number of nitrogens with one attached hydrogen (secondary N) is 1. The third kappa shape index (κ3) is 5.90. The van der Waals surface area contributed by atoms with Crippen LogP contribution >= 0.6 is 28.1 Å². The standard InChI is InChI=1S/C24H23BrN2O2S/c1-2-27(20-11-7-4-8-12-20)24(30)26-23(28)19-13-14-22(21(25)17-19)29-16-15-18-9-5-3-6-10-18/h3-14,17H,2,15-16H2,1H3,(H,26,28,30). The topological polar surface area (TPSA) is 41.6 Å².